The molecule has 0 amide bonds. The highest BCUT2D eigenvalue weighted by Crippen LogP contribution is 2.28. The SMILES string of the molecule is Nc1nccc(C2CCCN(Cc3cn[nH]c3-c3ccccc3)C2)n1. The molecule has 0 radical (unpaired) electrons. The Balaban J connectivity index is 1.49. The summed E-state index contributed by atoms with van der Waals surface area (Å²) in [6.45, 7) is 2.96. The summed E-state index contributed by atoms with van der Waals surface area (Å²) in [5, 5.41) is 7.41. The Morgan fingerprint density at radius 2 is 2.08 bits per heavy atom. The van der Waals surface area contributed by atoms with Gasteiger partial charge in [0.2, 0.25) is 5.95 Å². The molecule has 3 heterocycles. The number of aromatic nitrogens is 4. The van der Waals surface area contributed by atoms with Crippen molar-refractivity contribution >= 4 is 5.95 Å². The number of benzene rings is 1. The first-order chi connectivity index (χ1) is 12.3. The highest BCUT2D eigenvalue weighted by atomic mass is 15.2. The largest absolute Gasteiger partial charge is 0.368 e. The van der Waals surface area contributed by atoms with Crippen molar-refractivity contribution in [3.05, 3.63) is 60.0 Å². The molecular weight excluding hydrogens is 312 g/mol. The Bertz CT molecular complexity index is 829. The standard InChI is InChI=1S/C19H22N6/c20-19-21-9-8-17(23-19)15-7-4-10-25(12-15)13-16-11-22-24-18(16)14-5-2-1-3-6-14/h1-3,5-6,8-9,11,15H,4,7,10,12-13H2,(H,22,24)(H2,20,21,23). The minimum atomic E-state index is 0.357. The average Bonchev–Trinajstić information content (AvgIpc) is 3.11. The molecule has 6 heteroatoms. The topological polar surface area (TPSA) is 83.7 Å². The molecule has 3 N–H and O–H groups in total. The molecular formula is C19H22N6. The number of nitrogens with one attached hydrogen (secondary N) is 1. The zero-order chi connectivity index (χ0) is 17.1. The molecule has 1 saturated heterocycles. The lowest BCUT2D eigenvalue weighted by molar-refractivity contribution is 0.199. The lowest BCUT2D eigenvalue weighted by Gasteiger charge is -2.32. The number of likely N-dealkylation sites (tertiary alicyclic amines) is 1. The molecule has 1 aliphatic rings. The Morgan fingerprint density at radius 1 is 1.20 bits per heavy atom. The fourth-order valence-corrected chi connectivity index (χ4v) is 3.58. The molecule has 3 aromatic rings. The van der Waals surface area contributed by atoms with Crippen LogP contribution in [0.25, 0.3) is 11.3 Å². The van der Waals surface area contributed by atoms with Gasteiger partial charge in [0, 0.05) is 30.8 Å². The zero-order valence-corrected chi connectivity index (χ0v) is 14.1. The van der Waals surface area contributed by atoms with Crippen LogP contribution in [-0.4, -0.2) is 38.2 Å². The first-order valence-corrected chi connectivity index (χ1v) is 8.68. The summed E-state index contributed by atoms with van der Waals surface area (Å²) in [6, 6.07) is 12.3. The van der Waals surface area contributed by atoms with Crippen LogP contribution in [0.3, 0.4) is 0 Å². The minimum absolute atomic E-state index is 0.357. The highest BCUT2D eigenvalue weighted by molar-refractivity contribution is 5.62. The van der Waals surface area contributed by atoms with Gasteiger partial charge in [-0.2, -0.15) is 5.10 Å². The van der Waals surface area contributed by atoms with E-state index < -0.39 is 0 Å². The third-order valence-electron chi connectivity index (χ3n) is 4.79. The second kappa shape index (κ2) is 7.03. The summed E-state index contributed by atoms with van der Waals surface area (Å²) in [7, 11) is 0. The van der Waals surface area contributed by atoms with E-state index in [0.29, 0.717) is 11.9 Å². The van der Waals surface area contributed by atoms with Crippen molar-refractivity contribution in [2.75, 3.05) is 18.8 Å². The molecule has 6 nitrogen and oxygen atoms in total. The normalized spacial score (nSPS) is 18.3. The number of nitrogens with two attached hydrogens (primary N) is 1. The van der Waals surface area contributed by atoms with Gasteiger partial charge in [0.15, 0.2) is 0 Å². The van der Waals surface area contributed by atoms with Crippen LogP contribution in [0.2, 0.25) is 0 Å². The van der Waals surface area contributed by atoms with Crippen molar-refractivity contribution in [2.24, 2.45) is 0 Å². The van der Waals surface area contributed by atoms with Crippen molar-refractivity contribution in [3.63, 3.8) is 0 Å². The second-order valence-electron chi connectivity index (χ2n) is 6.55. The van der Waals surface area contributed by atoms with E-state index in [2.05, 4.69) is 49.3 Å². The van der Waals surface area contributed by atoms with E-state index in [1.54, 1.807) is 6.20 Å². The van der Waals surface area contributed by atoms with Crippen molar-refractivity contribution in [1.82, 2.24) is 25.1 Å². The van der Waals surface area contributed by atoms with Gasteiger partial charge in [-0.3, -0.25) is 10.00 Å². The van der Waals surface area contributed by atoms with E-state index in [0.717, 1.165) is 43.9 Å². The molecule has 128 valence electrons. The van der Waals surface area contributed by atoms with Crippen LogP contribution in [0.4, 0.5) is 5.95 Å². The van der Waals surface area contributed by atoms with E-state index in [1.165, 1.54) is 11.1 Å². The van der Waals surface area contributed by atoms with Crippen LogP contribution in [-0.2, 0) is 6.54 Å². The van der Waals surface area contributed by atoms with Crippen LogP contribution < -0.4 is 5.73 Å². The fraction of sp³-hybridized carbons (Fsp3) is 0.316. The number of anilines is 1. The maximum atomic E-state index is 5.75. The minimum Gasteiger partial charge on any atom is -0.368 e. The van der Waals surface area contributed by atoms with Crippen molar-refractivity contribution < 1.29 is 0 Å². The van der Waals surface area contributed by atoms with Crippen LogP contribution in [0.1, 0.15) is 30.0 Å². The van der Waals surface area contributed by atoms with Crippen LogP contribution in [0.5, 0.6) is 0 Å². The third-order valence-corrected chi connectivity index (χ3v) is 4.79. The van der Waals surface area contributed by atoms with Gasteiger partial charge in [0.05, 0.1) is 17.6 Å². The molecule has 2 aromatic heterocycles. The van der Waals surface area contributed by atoms with E-state index in [1.807, 2.05) is 18.3 Å². The van der Waals surface area contributed by atoms with Gasteiger partial charge in [0.1, 0.15) is 0 Å². The average molecular weight is 334 g/mol. The number of H-pyrrole nitrogens is 1. The highest BCUT2D eigenvalue weighted by Gasteiger charge is 2.23. The molecule has 1 atom stereocenters. The number of nitrogens with zero attached hydrogens (tertiary/aromatic N) is 4. The van der Waals surface area contributed by atoms with Gasteiger partial charge in [-0.1, -0.05) is 30.3 Å². The fourth-order valence-electron chi connectivity index (χ4n) is 3.58. The third kappa shape index (κ3) is 3.53. The number of hydrogen-bond acceptors (Lipinski definition) is 5. The van der Waals surface area contributed by atoms with E-state index >= 15 is 0 Å². The van der Waals surface area contributed by atoms with Gasteiger partial charge < -0.3 is 5.73 Å². The molecule has 4 rings (SSSR count). The first-order valence-electron chi connectivity index (χ1n) is 8.68. The zero-order valence-electron chi connectivity index (χ0n) is 14.1. The van der Waals surface area contributed by atoms with Crippen molar-refractivity contribution in [3.8, 4) is 11.3 Å². The van der Waals surface area contributed by atoms with Gasteiger partial charge >= 0.3 is 0 Å². The molecule has 0 spiro atoms. The van der Waals surface area contributed by atoms with Gasteiger partial charge in [-0.05, 0) is 31.0 Å². The Morgan fingerprint density at radius 3 is 2.92 bits per heavy atom. The van der Waals surface area contributed by atoms with Gasteiger partial charge in [0.25, 0.3) is 0 Å². The maximum absolute atomic E-state index is 5.75. The Hall–Kier alpha value is -2.73. The molecule has 25 heavy (non-hydrogen) atoms. The maximum Gasteiger partial charge on any atom is 0.220 e. The predicted octanol–water partition coefficient (Wildman–Crippen LogP) is 2.83. The number of nitrogen functional groups attached to an aromatic ring is 1. The summed E-state index contributed by atoms with van der Waals surface area (Å²) in [4.78, 5) is 10.9. The summed E-state index contributed by atoms with van der Waals surface area (Å²) < 4.78 is 0. The van der Waals surface area contributed by atoms with Crippen LogP contribution in [0.15, 0.2) is 48.8 Å². The number of aromatic amines is 1. The number of hydrogen-bond donors (Lipinski definition) is 2. The molecule has 0 bridgehead atoms. The summed E-state index contributed by atoms with van der Waals surface area (Å²) in [6.07, 6.45) is 5.99. The van der Waals surface area contributed by atoms with Crippen molar-refractivity contribution in [1.29, 1.82) is 0 Å². The van der Waals surface area contributed by atoms with Crippen molar-refractivity contribution in [2.45, 2.75) is 25.3 Å². The Kier molecular flexibility index (Phi) is 4.43. The predicted molar refractivity (Wildman–Crippen MR) is 97.7 cm³/mol. The first kappa shape index (κ1) is 15.8. The quantitative estimate of drug-likeness (QED) is 0.766. The van der Waals surface area contributed by atoms with E-state index in [-0.39, 0.29) is 0 Å². The number of rotatable bonds is 4. The van der Waals surface area contributed by atoms with Crippen LogP contribution in [0, 0.1) is 0 Å². The lowest BCUT2D eigenvalue weighted by Crippen LogP contribution is -2.34. The molecule has 1 aliphatic heterocycles. The summed E-state index contributed by atoms with van der Waals surface area (Å²) >= 11 is 0. The molecule has 1 fully saturated rings. The molecule has 0 aliphatic carbocycles. The lowest BCUT2D eigenvalue weighted by atomic mass is 9.94. The van der Waals surface area contributed by atoms with E-state index in [4.69, 9.17) is 5.73 Å². The summed E-state index contributed by atoms with van der Waals surface area (Å²) in [5.41, 5.74) is 10.3. The molecule has 0 saturated carbocycles. The van der Waals surface area contributed by atoms with Crippen LogP contribution >= 0.6 is 0 Å². The van der Waals surface area contributed by atoms with E-state index in [9.17, 15) is 0 Å². The summed E-state index contributed by atoms with van der Waals surface area (Å²) in [5.74, 6) is 0.766. The van der Waals surface area contributed by atoms with Gasteiger partial charge in [-0.15, -0.1) is 0 Å². The smallest absolute Gasteiger partial charge is 0.220 e. The monoisotopic (exact) mass is 334 g/mol. The molecule has 1 aromatic carbocycles. The molecule has 1 unspecified atom stereocenters. The van der Waals surface area contributed by atoms with Gasteiger partial charge in [-0.25, -0.2) is 9.97 Å². The number of piperidine rings is 1. The Labute approximate surface area is 147 Å². The second-order valence-corrected chi connectivity index (χ2v) is 6.55.